The van der Waals surface area contributed by atoms with Crippen molar-refractivity contribution in [3.63, 3.8) is 0 Å². The zero-order valence-electron chi connectivity index (χ0n) is 10.5. The summed E-state index contributed by atoms with van der Waals surface area (Å²) >= 11 is 1.98. The molecule has 1 amide bonds. The smallest absolute Gasteiger partial charge is 0.251 e. The lowest BCUT2D eigenvalue weighted by molar-refractivity contribution is 0.0945. The summed E-state index contributed by atoms with van der Waals surface area (Å²) in [5, 5.41) is 2.96. The highest BCUT2D eigenvalue weighted by Crippen LogP contribution is 2.22. The van der Waals surface area contributed by atoms with Crippen LogP contribution in [0.25, 0.3) is 0 Å². The number of carbonyl (C=O) groups excluding carboxylic acids is 1. The van der Waals surface area contributed by atoms with Crippen molar-refractivity contribution in [3.05, 3.63) is 35.1 Å². The third-order valence-electron chi connectivity index (χ3n) is 3.33. The summed E-state index contributed by atoms with van der Waals surface area (Å²) in [6.07, 6.45) is 2.35. The standard InChI is InChI=1S/C14H18FNOS/c1-10-8-12(15)2-3-13(10)14(17)16-9-11-4-6-18-7-5-11/h2-3,8,11H,4-7,9H2,1H3,(H,16,17). The van der Waals surface area contributed by atoms with Crippen molar-refractivity contribution < 1.29 is 9.18 Å². The lowest BCUT2D eigenvalue weighted by Crippen LogP contribution is -2.31. The first kappa shape index (κ1) is 13.4. The van der Waals surface area contributed by atoms with Gasteiger partial charge in [0.05, 0.1) is 0 Å². The normalized spacial score (nSPS) is 16.6. The number of amides is 1. The molecule has 1 aromatic rings. The van der Waals surface area contributed by atoms with E-state index in [4.69, 9.17) is 0 Å². The van der Waals surface area contributed by atoms with Crippen molar-refractivity contribution in [2.24, 2.45) is 5.92 Å². The van der Waals surface area contributed by atoms with Gasteiger partial charge in [-0.15, -0.1) is 0 Å². The first-order chi connectivity index (χ1) is 8.66. The predicted molar refractivity (Wildman–Crippen MR) is 73.5 cm³/mol. The molecular weight excluding hydrogens is 249 g/mol. The molecule has 18 heavy (non-hydrogen) atoms. The summed E-state index contributed by atoms with van der Waals surface area (Å²) in [5.41, 5.74) is 1.26. The highest BCUT2D eigenvalue weighted by atomic mass is 32.2. The van der Waals surface area contributed by atoms with Gasteiger partial charge < -0.3 is 5.32 Å². The van der Waals surface area contributed by atoms with Crippen LogP contribution in [0.4, 0.5) is 4.39 Å². The Morgan fingerprint density at radius 2 is 2.17 bits per heavy atom. The minimum absolute atomic E-state index is 0.0919. The van der Waals surface area contributed by atoms with E-state index >= 15 is 0 Å². The van der Waals surface area contributed by atoms with Crippen molar-refractivity contribution in [3.8, 4) is 0 Å². The van der Waals surface area contributed by atoms with E-state index in [0.29, 0.717) is 17.0 Å². The predicted octanol–water partition coefficient (Wildman–Crippen LogP) is 3.01. The molecular formula is C14H18FNOS. The van der Waals surface area contributed by atoms with Crippen molar-refractivity contribution in [1.29, 1.82) is 0 Å². The van der Waals surface area contributed by atoms with E-state index in [2.05, 4.69) is 5.32 Å². The van der Waals surface area contributed by atoms with E-state index < -0.39 is 0 Å². The maximum Gasteiger partial charge on any atom is 0.251 e. The summed E-state index contributed by atoms with van der Waals surface area (Å²) in [4.78, 5) is 12.0. The molecule has 1 N–H and O–H groups in total. The fourth-order valence-electron chi connectivity index (χ4n) is 2.16. The van der Waals surface area contributed by atoms with E-state index in [-0.39, 0.29) is 11.7 Å². The number of carbonyl (C=O) groups is 1. The Labute approximate surface area is 111 Å². The van der Waals surface area contributed by atoms with Crippen molar-refractivity contribution in [1.82, 2.24) is 5.32 Å². The molecule has 1 fully saturated rings. The third kappa shape index (κ3) is 3.48. The van der Waals surface area contributed by atoms with Crippen LogP contribution in [-0.2, 0) is 0 Å². The van der Waals surface area contributed by atoms with Gasteiger partial charge in [0.2, 0.25) is 0 Å². The maximum atomic E-state index is 13.0. The number of halogens is 1. The minimum Gasteiger partial charge on any atom is -0.352 e. The van der Waals surface area contributed by atoms with Crippen molar-refractivity contribution in [2.75, 3.05) is 18.1 Å². The van der Waals surface area contributed by atoms with E-state index in [1.165, 1.54) is 36.5 Å². The largest absolute Gasteiger partial charge is 0.352 e. The summed E-state index contributed by atoms with van der Waals surface area (Å²) in [7, 11) is 0. The molecule has 1 aliphatic heterocycles. The van der Waals surface area contributed by atoms with Crippen LogP contribution < -0.4 is 5.32 Å². The van der Waals surface area contributed by atoms with Gasteiger partial charge in [-0.1, -0.05) is 0 Å². The molecule has 0 saturated carbocycles. The zero-order valence-corrected chi connectivity index (χ0v) is 11.4. The van der Waals surface area contributed by atoms with Crippen molar-refractivity contribution >= 4 is 17.7 Å². The molecule has 0 radical (unpaired) electrons. The van der Waals surface area contributed by atoms with Crippen molar-refractivity contribution in [2.45, 2.75) is 19.8 Å². The third-order valence-corrected chi connectivity index (χ3v) is 4.37. The highest BCUT2D eigenvalue weighted by molar-refractivity contribution is 7.99. The molecule has 1 heterocycles. The highest BCUT2D eigenvalue weighted by Gasteiger charge is 2.16. The molecule has 1 aliphatic rings. The molecule has 0 bridgehead atoms. The molecule has 0 unspecified atom stereocenters. The quantitative estimate of drug-likeness (QED) is 0.912. The second-order valence-corrected chi connectivity index (χ2v) is 5.95. The zero-order chi connectivity index (χ0) is 13.0. The number of rotatable bonds is 3. The molecule has 1 aromatic carbocycles. The second-order valence-electron chi connectivity index (χ2n) is 4.73. The van der Waals surface area contributed by atoms with Gasteiger partial charge in [0.15, 0.2) is 0 Å². The van der Waals surface area contributed by atoms with Crippen LogP contribution in [-0.4, -0.2) is 24.0 Å². The number of nitrogens with one attached hydrogen (secondary N) is 1. The van der Waals surface area contributed by atoms with E-state index in [1.54, 1.807) is 13.0 Å². The molecule has 0 aromatic heterocycles. The molecule has 0 atom stereocenters. The Hall–Kier alpha value is -1.03. The number of benzene rings is 1. The Morgan fingerprint density at radius 1 is 1.44 bits per heavy atom. The molecule has 98 valence electrons. The van der Waals surface area contributed by atoms with Gasteiger partial charge in [-0.2, -0.15) is 11.8 Å². The summed E-state index contributed by atoms with van der Waals surface area (Å²) < 4.78 is 13.0. The van der Waals surface area contributed by atoms with Crippen LogP contribution in [0.15, 0.2) is 18.2 Å². The topological polar surface area (TPSA) is 29.1 Å². The second kappa shape index (κ2) is 6.23. The Balaban J connectivity index is 1.90. The van der Waals surface area contributed by atoms with Gasteiger partial charge in [-0.3, -0.25) is 4.79 Å². The van der Waals surface area contributed by atoms with E-state index in [0.717, 1.165) is 6.54 Å². The minimum atomic E-state index is -0.298. The van der Waals surface area contributed by atoms with Crippen LogP contribution >= 0.6 is 11.8 Å². The average molecular weight is 267 g/mol. The molecule has 2 rings (SSSR count). The maximum absolute atomic E-state index is 13.0. The van der Waals surface area contributed by atoms with Gasteiger partial charge in [-0.05, 0) is 61.0 Å². The van der Waals surface area contributed by atoms with Crippen LogP contribution in [0.5, 0.6) is 0 Å². The summed E-state index contributed by atoms with van der Waals surface area (Å²) in [6.45, 7) is 2.49. The van der Waals surface area contributed by atoms with Gasteiger partial charge in [0, 0.05) is 12.1 Å². The van der Waals surface area contributed by atoms with E-state index in [9.17, 15) is 9.18 Å². The van der Waals surface area contributed by atoms with Crippen LogP contribution in [0.1, 0.15) is 28.8 Å². The summed E-state index contributed by atoms with van der Waals surface area (Å²) in [6, 6.07) is 4.28. The molecule has 4 heteroatoms. The van der Waals surface area contributed by atoms with Gasteiger partial charge >= 0.3 is 0 Å². The average Bonchev–Trinajstić information content (AvgIpc) is 2.37. The van der Waals surface area contributed by atoms with E-state index in [1.807, 2.05) is 11.8 Å². The fourth-order valence-corrected chi connectivity index (χ4v) is 3.37. The van der Waals surface area contributed by atoms with Crippen LogP contribution in [0.2, 0.25) is 0 Å². The molecule has 0 aliphatic carbocycles. The summed E-state index contributed by atoms with van der Waals surface area (Å²) in [5.74, 6) is 2.58. The Morgan fingerprint density at radius 3 is 2.83 bits per heavy atom. The number of hydrogen-bond acceptors (Lipinski definition) is 2. The Kier molecular flexibility index (Phi) is 4.64. The first-order valence-corrected chi connectivity index (χ1v) is 7.44. The Bertz CT molecular complexity index is 430. The van der Waals surface area contributed by atoms with Gasteiger partial charge in [0.1, 0.15) is 5.82 Å². The lowest BCUT2D eigenvalue weighted by atomic mass is 10.0. The fraction of sp³-hybridized carbons (Fsp3) is 0.500. The first-order valence-electron chi connectivity index (χ1n) is 6.29. The lowest BCUT2D eigenvalue weighted by Gasteiger charge is -2.21. The molecule has 0 spiro atoms. The van der Waals surface area contributed by atoms with Gasteiger partial charge in [0.25, 0.3) is 5.91 Å². The number of thioether (sulfide) groups is 1. The molecule has 1 saturated heterocycles. The number of aryl methyl sites for hydroxylation is 1. The van der Waals surface area contributed by atoms with Gasteiger partial charge in [-0.25, -0.2) is 4.39 Å². The monoisotopic (exact) mass is 267 g/mol. The number of hydrogen-bond donors (Lipinski definition) is 1. The SMILES string of the molecule is Cc1cc(F)ccc1C(=O)NCC1CCSCC1. The molecule has 2 nitrogen and oxygen atoms in total. The van der Waals surface area contributed by atoms with Crippen LogP contribution in [0, 0.1) is 18.7 Å². The van der Waals surface area contributed by atoms with Crippen LogP contribution in [0.3, 0.4) is 0 Å².